The molecule has 1 atom stereocenters. The van der Waals surface area contributed by atoms with E-state index in [1.54, 1.807) is 7.11 Å². The van der Waals surface area contributed by atoms with Crippen LogP contribution in [0, 0.1) is 6.92 Å². The summed E-state index contributed by atoms with van der Waals surface area (Å²) in [6.45, 7) is 2.35. The van der Waals surface area contributed by atoms with Crippen LogP contribution in [0.5, 0.6) is 5.75 Å². The third-order valence-electron chi connectivity index (χ3n) is 2.53. The van der Waals surface area contributed by atoms with E-state index in [-0.39, 0.29) is 12.1 Å². The molecule has 1 aromatic carbocycles. The van der Waals surface area contributed by atoms with Crippen LogP contribution >= 0.6 is 0 Å². The Morgan fingerprint density at radius 1 is 1.53 bits per heavy atom. The van der Waals surface area contributed by atoms with E-state index >= 15 is 0 Å². The van der Waals surface area contributed by atoms with Crippen molar-refractivity contribution in [1.82, 2.24) is 5.32 Å². The molecule has 1 heterocycles. The normalized spacial score (nSPS) is 19.6. The number of carbonyl (C=O) groups is 1. The molecule has 1 unspecified atom stereocenters. The average Bonchev–Trinajstić information content (AvgIpc) is 2.64. The first-order valence-corrected chi connectivity index (χ1v) is 4.79. The van der Waals surface area contributed by atoms with Gasteiger partial charge in [-0.05, 0) is 18.6 Å². The summed E-state index contributed by atoms with van der Waals surface area (Å²) < 4.78 is 10.1. The van der Waals surface area contributed by atoms with Crippen molar-refractivity contribution in [3.05, 3.63) is 29.3 Å². The maximum absolute atomic E-state index is 11.0. The Labute approximate surface area is 88.2 Å². The maximum Gasteiger partial charge on any atom is 0.407 e. The highest BCUT2D eigenvalue weighted by atomic mass is 16.6. The molecule has 1 N–H and O–H groups in total. The molecule has 4 nitrogen and oxygen atoms in total. The lowest BCUT2D eigenvalue weighted by Gasteiger charge is -2.15. The van der Waals surface area contributed by atoms with E-state index in [1.165, 1.54) is 0 Å². The van der Waals surface area contributed by atoms with Crippen LogP contribution in [0.4, 0.5) is 4.79 Å². The first-order chi connectivity index (χ1) is 7.22. The molecule has 0 saturated carbocycles. The van der Waals surface area contributed by atoms with Crippen molar-refractivity contribution in [2.45, 2.75) is 13.0 Å². The number of methoxy groups -OCH3 is 1. The summed E-state index contributed by atoms with van der Waals surface area (Å²) in [7, 11) is 1.62. The van der Waals surface area contributed by atoms with Crippen molar-refractivity contribution in [1.29, 1.82) is 0 Å². The minimum atomic E-state index is -0.370. The highest BCUT2D eigenvalue weighted by Gasteiger charge is 2.27. The lowest BCUT2D eigenvalue weighted by Crippen LogP contribution is -2.19. The van der Waals surface area contributed by atoms with E-state index in [0.717, 1.165) is 16.9 Å². The molecule has 0 aliphatic carbocycles. The van der Waals surface area contributed by atoms with Gasteiger partial charge in [-0.2, -0.15) is 0 Å². The number of aryl methyl sites for hydroxylation is 1. The molecular weight excluding hydrogens is 194 g/mol. The Hall–Kier alpha value is -1.71. The second-order valence-electron chi connectivity index (χ2n) is 3.49. The molecule has 4 heteroatoms. The van der Waals surface area contributed by atoms with Crippen molar-refractivity contribution in [2.24, 2.45) is 0 Å². The van der Waals surface area contributed by atoms with Gasteiger partial charge in [0.25, 0.3) is 0 Å². The van der Waals surface area contributed by atoms with Crippen molar-refractivity contribution in [3.8, 4) is 5.75 Å². The van der Waals surface area contributed by atoms with Gasteiger partial charge in [-0.1, -0.05) is 12.1 Å². The number of rotatable bonds is 2. The lowest BCUT2D eigenvalue weighted by molar-refractivity contribution is 0.176. The number of amides is 1. The number of nitrogens with one attached hydrogen (secondary N) is 1. The number of cyclic esters (lactones) is 1. The first-order valence-electron chi connectivity index (χ1n) is 4.79. The zero-order chi connectivity index (χ0) is 10.8. The van der Waals surface area contributed by atoms with Crippen LogP contribution in [0.2, 0.25) is 0 Å². The molecule has 1 aromatic rings. The minimum absolute atomic E-state index is 0.103. The molecule has 0 radical (unpaired) electrons. The highest BCUT2D eigenvalue weighted by Crippen LogP contribution is 2.30. The van der Waals surface area contributed by atoms with E-state index in [1.807, 2.05) is 25.1 Å². The molecule has 80 valence electrons. The monoisotopic (exact) mass is 207 g/mol. The SMILES string of the molecule is COc1cccc(C)c1C1COC(=O)N1. The summed E-state index contributed by atoms with van der Waals surface area (Å²) in [6, 6.07) is 5.69. The number of hydrogen-bond donors (Lipinski definition) is 1. The molecule has 1 saturated heterocycles. The molecule has 1 aliphatic heterocycles. The van der Waals surface area contributed by atoms with Crippen LogP contribution in [0.15, 0.2) is 18.2 Å². The summed E-state index contributed by atoms with van der Waals surface area (Å²) in [5.41, 5.74) is 2.08. The van der Waals surface area contributed by atoms with Crippen molar-refractivity contribution >= 4 is 6.09 Å². The summed E-state index contributed by atoms with van der Waals surface area (Å²) in [5, 5.41) is 2.74. The number of hydrogen-bond acceptors (Lipinski definition) is 3. The summed E-state index contributed by atoms with van der Waals surface area (Å²) in [5.74, 6) is 0.783. The standard InChI is InChI=1S/C11H13NO3/c1-7-4-3-5-9(14-2)10(7)8-6-15-11(13)12-8/h3-5,8H,6H2,1-2H3,(H,12,13). The van der Waals surface area contributed by atoms with Crippen molar-refractivity contribution in [2.75, 3.05) is 13.7 Å². The van der Waals surface area contributed by atoms with Crippen molar-refractivity contribution < 1.29 is 14.3 Å². The van der Waals surface area contributed by atoms with Gasteiger partial charge in [-0.25, -0.2) is 4.79 Å². The number of carbonyl (C=O) groups excluding carboxylic acids is 1. The van der Waals surface area contributed by atoms with Gasteiger partial charge in [0.15, 0.2) is 0 Å². The smallest absolute Gasteiger partial charge is 0.407 e. The van der Waals surface area contributed by atoms with Gasteiger partial charge in [0.2, 0.25) is 0 Å². The first kappa shape index (κ1) is 9.83. The van der Waals surface area contributed by atoms with E-state index in [9.17, 15) is 4.79 Å². The fourth-order valence-corrected chi connectivity index (χ4v) is 1.82. The van der Waals surface area contributed by atoms with Crippen LogP contribution in [-0.2, 0) is 4.74 Å². The molecule has 0 spiro atoms. The Bertz CT molecular complexity index is 389. The molecule has 1 aliphatic rings. The third-order valence-corrected chi connectivity index (χ3v) is 2.53. The van der Waals surface area contributed by atoms with E-state index in [2.05, 4.69) is 5.32 Å². The average molecular weight is 207 g/mol. The van der Waals surface area contributed by atoms with Crippen molar-refractivity contribution in [3.63, 3.8) is 0 Å². The van der Waals surface area contributed by atoms with Gasteiger partial charge >= 0.3 is 6.09 Å². The summed E-state index contributed by atoms with van der Waals surface area (Å²) >= 11 is 0. The molecule has 15 heavy (non-hydrogen) atoms. The van der Waals surface area contributed by atoms with Gasteiger partial charge in [-0.3, -0.25) is 0 Å². The Morgan fingerprint density at radius 2 is 2.33 bits per heavy atom. The van der Waals surface area contributed by atoms with Gasteiger partial charge in [0.05, 0.1) is 13.2 Å². The van der Waals surface area contributed by atoms with Crippen LogP contribution in [0.1, 0.15) is 17.2 Å². The van der Waals surface area contributed by atoms with Crippen LogP contribution < -0.4 is 10.1 Å². The predicted molar refractivity (Wildman–Crippen MR) is 55.0 cm³/mol. The minimum Gasteiger partial charge on any atom is -0.496 e. The van der Waals surface area contributed by atoms with Gasteiger partial charge < -0.3 is 14.8 Å². The fraction of sp³-hybridized carbons (Fsp3) is 0.364. The summed E-state index contributed by atoms with van der Waals surface area (Å²) in [4.78, 5) is 11.0. The maximum atomic E-state index is 11.0. The van der Waals surface area contributed by atoms with Gasteiger partial charge in [0.1, 0.15) is 12.4 Å². The molecule has 0 bridgehead atoms. The van der Waals surface area contributed by atoms with Crippen LogP contribution in [0.25, 0.3) is 0 Å². The van der Waals surface area contributed by atoms with Crippen LogP contribution in [-0.4, -0.2) is 19.8 Å². The quantitative estimate of drug-likeness (QED) is 0.804. The number of ether oxygens (including phenoxy) is 2. The number of benzene rings is 1. The largest absolute Gasteiger partial charge is 0.496 e. The third kappa shape index (κ3) is 1.75. The zero-order valence-electron chi connectivity index (χ0n) is 8.74. The molecular formula is C11H13NO3. The topological polar surface area (TPSA) is 47.6 Å². The van der Waals surface area contributed by atoms with Gasteiger partial charge in [0, 0.05) is 5.56 Å². The molecule has 0 aromatic heterocycles. The van der Waals surface area contributed by atoms with E-state index in [0.29, 0.717) is 6.61 Å². The second kappa shape index (κ2) is 3.81. The van der Waals surface area contributed by atoms with E-state index in [4.69, 9.17) is 9.47 Å². The zero-order valence-corrected chi connectivity index (χ0v) is 8.74. The van der Waals surface area contributed by atoms with E-state index < -0.39 is 0 Å². The molecule has 2 rings (SSSR count). The number of alkyl carbamates (subject to hydrolysis) is 1. The molecule has 1 amide bonds. The highest BCUT2D eigenvalue weighted by molar-refractivity contribution is 5.70. The van der Waals surface area contributed by atoms with Gasteiger partial charge in [-0.15, -0.1) is 0 Å². The summed E-state index contributed by atoms with van der Waals surface area (Å²) in [6.07, 6.45) is -0.370. The Morgan fingerprint density at radius 3 is 2.93 bits per heavy atom. The Kier molecular flexibility index (Phi) is 2.49. The Balaban J connectivity index is 2.37. The lowest BCUT2D eigenvalue weighted by atomic mass is 10.0. The van der Waals surface area contributed by atoms with Crippen LogP contribution in [0.3, 0.4) is 0 Å². The fourth-order valence-electron chi connectivity index (χ4n) is 1.82. The predicted octanol–water partition coefficient (Wildman–Crippen LogP) is 1.78. The molecule has 1 fully saturated rings. The second-order valence-corrected chi connectivity index (χ2v) is 3.49.